The van der Waals surface area contributed by atoms with Crippen LogP contribution in [0.5, 0.6) is 0 Å². The summed E-state index contributed by atoms with van der Waals surface area (Å²) in [5, 5.41) is 14.6. The Bertz CT molecular complexity index is 499. The molecule has 1 fully saturated rings. The Balaban J connectivity index is 2.20. The zero-order valence-corrected chi connectivity index (χ0v) is 12.6. The minimum absolute atomic E-state index is 0.212. The average molecular weight is 276 g/mol. The van der Waals surface area contributed by atoms with Gasteiger partial charge in [0.25, 0.3) is 5.69 Å². The highest BCUT2D eigenvalue weighted by atomic mass is 16.6. The van der Waals surface area contributed by atoms with Crippen LogP contribution in [0.15, 0.2) is 12.1 Å². The minimum Gasteiger partial charge on any atom is -0.382 e. The van der Waals surface area contributed by atoms with Crippen LogP contribution in [0.4, 0.5) is 11.4 Å². The fourth-order valence-electron chi connectivity index (χ4n) is 3.24. The molecule has 1 aromatic carbocycles. The van der Waals surface area contributed by atoms with Crippen molar-refractivity contribution in [2.24, 2.45) is 5.92 Å². The fourth-order valence-corrected chi connectivity index (χ4v) is 3.24. The van der Waals surface area contributed by atoms with Crippen molar-refractivity contribution in [3.63, 3.8) is 0 Å². The van der Waals surface area contributed by atoms with E-state index in [0.29, 0.717) is 6.04 Å². The molecule has 0 bridgehead atoms. The summed E-state index contributed by atoms with van der Waals surface area (Å²) in [7, 11) is 0. The highest BCUT2D eigenvalue weighted by Crippen LogP contribution is 2.32. The van der Waals surface area contributed by atoms with Gasteiger partial charge in [-0.2, -0.15) is 0 Å². The van der Waals surface area contributed by atoms with Crippen LogP contribution in [-0.2, 0) is 0 Å². The second-order valence-corrected chi connectivity index (χ2v) is 5.91. The Morgan fingerprint density at radius 3 is 2.60 bits per heavy atom. The van der Waals surface area contributed by atoms with Crippen molar-refractivity contribution >= 4 is 11.4 Å². The first-order valence-electron chi connectivity index (χ1n) is 7.55. The van der Waals surface area contributed by atoms with E-state index in [9.17, 15) is 10.1 Å². The second-order valence-electron chi connectivity index (χ2n) is 5.91. The summed E-state index contributed by atoms with van der Waals surface area (Å²) in [6.07, 6.45) is 6.30. The van der Waals surface area contributed by atoms with Crippen molar-refractivity contribution in [1.82, 2.24) is 0 Å². The molecule has 1 aliphatic rings. The molecule has 0 radical (unpaired) electrons. The van der Waals surface area contributed by atoms with Gasteiger partial charge in [0.1, 0.15) is 0 Å². The van der Waals surface area contributed by atoms with Crippen LogP contribution in [0, 0.1) is 29.9 Å². The third-order valence-corrected chi connectivity index (χ3v) is 4.51. The number of rotatable bonds is 4. The first-order chi connectivity index (χ1) is 9.52. The third kappa shape index (κ3) is 3.11. The van der Waals surface area contributed by atoms with E-state index in [1.165, 1.54) is 32.1 Å². The number of nitro groups is 1. The normalized spacial score (nSPS) is 22.6. The van der Waals surface area contributed by atoms with Crippen molar-refractivity contribution in [3.05, 3.63) is 33.4 Å². The predicted molar refractivity (Wildman–Crippen MR) is 82.2 cm³/mol. The maximum absolute atomic E-state index is 11.0. The number of nitrogens with one attached hydrogen (secondary N) is 1. The van der Waals surface area contributed by atoms with Crippen molar-refractivity contribution in [1.29, 1.82) is 0 Å². The minimum atomic E-state index is -0.304. The summed E-state index contributed by atoms with van der Waals surface area (Å²) < 4.78 is 0. The van der Waals surface area contributed by atoms with Crippen LogP contribution in [0.1, 0.15) is 50.2 Å². The Hall–Kier alpha value is -1.58. The summed E-state index contributed by atoms with van der Waals surface area (Å²) in [6, 6.07) is 4.12. The van der Waals surface area contributed by atoms with Gasteiger partial charge in [-0.15, -0.1) is 0 Å². The molecule has 20 heavy (non-hydrogen) atoms. The van der Waals surface area contributed by atoms with Crippen LogP contribution in [-0.4, -0.2) is 11.0 Å². The lowest BCUT2D eigenvalue weighted by molar-refractivity contribution is -0.385. The molecule has 110 valence electrons. The maximum atomic E-state index is 11.0. The number of hydrogen-bond acceptors (Lipinski definition) is 3. The first-order valence-corrected chi connectivity index (χ1v) is 7.55. The van der Waals surface area contributed by atoms with Gasteiger partial charge >= 0.3 is 0 Å². The smallest absolute Gasteiger partial charge is 0.272 e. The Labute approximate surface area is 120 Å². The molecule has 2 atom stereocenters. The van der Waals surface area contributed by atoms with Crippen molar-refractivity contribution in [2.45, 2.75) is 58.9 Å². The standard InChI is InChI=1S/C16H24N2O2/c1-4-13-7-5-6-8-14(13)17-15-9-12(3)16(18(19)20)10-11(15)2/h9-10,13-14,17H,4-8H2,1-3H3. The van der Waals surface area contributed by atoms with E-state index >= 15 is 0 Å². The number of anilines is 1. The van der Waals surface area contributed by atoms with Crippen LogP contribution < -0.4 is 5.32 Å². The van der Waals surface area contributed by atoms with E-state index in [2.05, 4.69) is 12.2 Å². The Morgan fingerprint density at radius 2 is 1.95 bits per heavy atom. The zero-order chi connectivity index (χ0) is 14.7. The number of nitro benzene ring substituents is 1. The van der Waals surface area contributed by atoms with Crippen LogP contribution >= 0.6 is 0 Å². The topological polar surface area (TPSA) is 55.2 Å². The molecule has 0 saturated heterocycles. The monoisotopic (exact) mass is 276 g/mol. The van der Waals surface area contributed by atoms with Crippen LogP contribution in [0.25, 0.3) is 0 Å². The SMILES string of the molecule is CCC1CCCCC1Nc1cc(C)c([N+](=O)[O-])cc1C. The van der Waals surface area contributed by atoms with Crippen molar-refractivity contribution in [3.8, 4) is 0 Å². The average Bonchev–Trinajstić information content (AvgIpc) is 2.42. The summed E-state index contributed by atoms with van der Waals surface area (Å²) in [6.45, 7) is 6.00. The predicted octanol–water partition coefficient (Wildman–Crippen LogP) is 4.59. The van der Waals surface area contributed by atoms with Gasteiger partial charge in [-0.1, -0.05) is 26.2 Å². The maximum Gasteiger partial charge on any atom is 0.272 e. The summed E-state index contributed by atoms with van der Waals surface area (Å²) in [4.78, 5) is 10.7. The zero-order valence-electron chi connectivity index (χ0n) is 12.6. The quantitative estimate of drug-likeness (QED) is 0.646. The van der Waals surface area contributed by atoms with E-state index < -0.39 is 0 Å². The number of aryl methyl sites for hydroxylation is 2. The number of nitrogens with zero attached hydrogens (tertiary/aromatic N) is 1. The lowest BCUT2D eigenvalue weighted by Gasteiger charge is -2.32. The molecule has 1 N–H and O–H groups in total. The summed E-state index contributed by atoms with van der Waals surface area (Å²) in [5.41, 5.74) is 2.96. The van der Waals surface area contributed by atoms with Gasteiger partial charge in [0.15, 0.2) is 0 Å². The molecule has 0 amide bonds. The highest BCUT2D eigenvalue weighted by molar-refractivity contribution is 5.59. The molecule has 0 spiro atoms. The van der Waals surface area contributed by atoms with Gasteiger partial charge in [0.2, 0.25) is 0 Å². The number of hydrogen-bond donors (Lipinski definition) is 1. The van der Waals surface area contributed by atoms with Gasteiger partial charge in [-0.05, 0) is 44.2 Å². The van der Waals surface area contributed by atoms with E-state index in [4.69, 9.17) is 0 Å². The molecule has 2 unspecified atom stereocenters. The van der Waals surface area contributed by atoms with Crippen LogP contribution in [0.2, 0.25) is 0 Å². The van der Waals surface area contributed by atoms with Crippen molar-refractivity contribution < 1.29 is 4.92 Å². The van der Waals surface area contributed by atoms with Gasteiger partial charge in [0, 0.05) is 23.4 Å². The summed E-state index contributed by atoms with van der Waals surface area (Å²) in [5.74, 6) is 0.721. The van der Waals surface area contributed by atoms with E-state index in [-0.39, 0.29) is 10.6 Å². The largest absolute Gasteiger partial charge is 0.382 e. The van der Waals surface area contributed by atoms with Crippen LogP contribution in [0.3, 0.4) is 0 Å². The fraction of sp³-hybridized carbons (Fsp3) is 0.625. The molecule has 2 rings (SSSR count). The second kappa shape index (κ2) is 6.25. The van der Waals surface area contributed by atoms with Gasteiger partial charge in [-0.25, -0.2) is 0 Å². The molecular weight excluding hydrogens is 252 g/mol. The van der Waals surface area contributed by atoms with E-state index in [0.717, 1.165) is 22.7 Å². The van der Waals surface area contributed by atoms with Gasteiger partial charge in [0.05, 0.1) is 4.92 Å². The Morgan fingerprint density at radius 1 is 1.25 bits per heavy atom. The lowest BCUT2D eigenvalue weighted by Crippen LogP contribution is -2.32. The van der Waals surface area contributed by atoms with E-state index in [1.54, 1.807) is 13.0 Å². The molecule has 1 saturated carbocycles. The molecule has 0 heterocycles. The van der Waals surface area contributed by atoms with Crippen molar-refractivity contribution in [2.75, 3.05) is 5.32 Å². The third-order valence-electron chi connectivity index (χ3n) is 4.51. The Kier molecular flexibility index (Phi) is 4.63. The number of benzene rings is 1. The highest BCUT2D eigenvalue weighted by Gasteiger charge is 2.24. The summed E-state index contributed by atoms with van der Waals surface area (Å²) >= 11 is 0. The molecule has 0 aliphatic heterocycles. The molecule has 4 heteroatoms. The van der Waals surface area contributed by atoms with E-state index in [1.807, 2.05) is 13.0 Å². The molecule has 1 aliphatic carbocycles. The van der Waals surface area contributed by atoms with Gasteiger partial charge < -0.3 is 5.32 Å². The molecule has 1 aromatic rings. The van der Waals surface area contributed by atoms with Gasteiger partial charge in [-0.3, -0.25) is 10.1 Å². The molecule has 0 aromatic heterocycles. The molecule has 4 nitrogen and oxygen atoms in total. The first kappa shape index (κ1) is 14.8. The lowest BCUT2D eigenvalue weighted by atomic mass is 9.82. The molecular formula is C16H24N2O2.